The van der Waals surface area contributed by atoms with Crippen molar-refractivity contribution in [1.29, 1.82) is 0 Å². The fraction of sp³-hybridized carbons (Fsp3) is 0.385. The summed E-state index contributed by atoms with van der Waals surface area (Å²) in [5.41, 5.74) is 5.32. The molecule has 39 heavy (non-hydrogen) atoms. The summed E-state index contributed by atoms with van der Waals surface area (Å²) in [6.45, 7) is 2.82. The molecule has 0 aliphatic heterocycles. The van der Waals surface area contributed by atoms with Gasteiger partial charge in [-0.25, -0.2) is 9.18 Å². The van der Waals surface area contributed by atoms with Crippen LogP contribution in [-0.2, 0) is 13.0 Å². The van der Waals surface area contributed by atoms with Gasteiger partial charge in [0.25, 0.3) is 11.5 Å². The second-order valence-electron chi connectivity index (χ2n) is 9.12. The van der Waals surface area contributed by atoms with E-state index >= 15 is 0 Å². The van der Waals surface area contributed by atoms with Gasteiger partial charge in [-0.1, -0.05) is 12.1 Å². The molecule has 212 valence electrons. The number of amides is 2. The third-order valence-electron chi connectivity index (χ3n) is 5.61. The highest BCUT2D eigenvalue weighted by Crippen LogP contribution is 2.26. The van der Waals surface area contributed by atoms with Crippen molar-refractivity contribution in [2.75, 3.05) is 26.8 Å². The van der Waals surface area contributed by atoms with E-state index in [1.165, 1.54) is 36.9 Å². The van der Waals surface area contributed by atoms with Crippen LogP contribution >= 0.6 is 0 Å². The number of aromatic hydroxyl groups is 1. The number of nitrogens with zero attached hydrogens (tertiary/aromatic N) is 3. The van der Waals surface area contributed by atoms with Gasteiger partial charge in [0.2, 0.25) is 0 Å². The second-order valence-corrected chi connectivity index (χ2v) is 9.12. The van der Waals surface area contributed by atoms with E-state index in [2.05, 4.69) is 10.3 Å². The number of pyridine rings is 2. The number of aromatic nitrogens is 2. The van der Waals surface area contributed by atoms with E-state index in [-0.39, 0.29) is 49.2 Å². The van der Waals surface area contributed by atoms with Crippen molar-refractivity contribution in [2.24, 2.45) is 5.73 Å². The molecule has 2 atom stereocenters. The first-order chi connectivity index (χ1) is 18.4. The molecule has 7 N–H and O–H groups in total. The van der Waals surface area contributed by atoms with Gasteiger partial charge in [0.05, 0.1) is 18.7 Å². The Morgan fingerprint density at radius 1 is 1.15 bits per heavy atom. The standard InChI is InChI=1S/C23H25FN4O6.C3H9NO/c1-13(12-29)26-21(31)18-20(30)19-17(28(22(18)32)8-7-27(2)23(33)34)10-15(11-25-19)9-14-3-5-16(24)6-4-14;1-3(4)2-5/h3-6,10-11,13,29-30H,7-9,12H2,1-2H3,(H,26,31)(H,33,34);3,5H,2,4H2,1H3. The number of hydrogen-bond donors (Lipinski definition) is 6. The van der Waals surface area contributed by atoms with Crippen LogP contribution in [0.2, 0.25) is 0 Å². The van der Waals surface area contributed by atoms with E-state index in [9.17, 15) is 29.0 Å². The number of rotatable bonds is 9. The zero-order valence-electron chi connectivity index (χ0n) is 22.0. The normalized spacial score (nSPS) is 12.3. The quantitative estimate of drug-likeness (QED) is 0.226. The van der Waals surface area contributed by atoms with Crippen molar-refractivity contribution in [3.8, 4) is 5.75 Å². The van der Waals surface area contributed by atoms with Crippen LogP contribution in [0.3, 0.4) is 0 Å². The van der Waals surface area contributed by atoms with Crippen LogP contribution in [-0.4, -0.2) is 85.8 Å². The van der Waals surface area contributed by atoms with Crippen LogP contribution < -0.4 is 16.6 Å². The fourth-order valence-electron chi connectivity index (χ4n) is 3.40. The molecule has 1 aromatic carbocycles. The molecule has 3 aromatic rings. The maximum absolute atomic E-state index is 13.2. The molecule has 0 saturated heterocycles. The molecule has 2 unspecified atom stereocenters. The molecule has 2 heterocycles. The molecule has 0 fully saturated rings. The molecule has 0 aliphatic rings. The van der Waals surface area contributed by atoms with Crippen LogP contribution in [0.15, 0.2) is 41.3 Å². The maximum Gasteiger partial charge on any atom is 0.407 e. The number of aliphatic hydroxyl groups is 2. The highest BCUT2D eigenvalue weighted by molar-refractivity contribution is 6.01. The molecule has 3 rings (SSSR count). The molecule has 2 aromatic heterocycles. The van der Waals surface area contributed by atoms with E-state index in [0.29, 0.717) is 12.0 Å². The zero-order chi connectivity index (χ0) is 29.3. The minimum Gasteiger partial charge on any atom is -0.505 e. The van der Waals surface area contributed by atoms with Gasteiger partial charge in [-0.3, -0.25) is 14.6 Å². The molecule has 0 spiro atoms. The highest BCUT2D eigenvalue weighted by Gasteiger charge is 2.24. The summed E-state index contributed by atoms with van der Waals surface area (Å²) in [6.07, 6.45) is 0.645. The van der Waals surface area contributed by atoms with E-state index in [0.717, 1.165) is 10.5 Å². The van der Waals surface area contributed by atoms with Crippen LogP contribution in [0.4, 0.5) is 9.18 Å². The van der Waals surface area contributed by atoms with Crippen LogP contribution in [0.1, 0.15) is 35.3 Å². The van der Waals surface area contributed by atoms with E-state index in [4.69, 9.17) is 15.9 Å². The third kappa shape index (κ3) is 8.46. The number of carboxylic acid groups (broad SMARTS) is 1. The summed E-state index contributed by atoms with van der Waals surface area (Å²) in [4.78, 5) is 42.4. The number of benzene rings is 1. The minimum atomic E-state index is -1.19. The Hall–Kier alpha value is -4.07. The first-order valence-electron chi connectivity index (χ1n) is 12.1. The Morgan fingerprint density at radius 3 is 2.31 bits per heavy atom. The summed E-state index contributed by atoms with van der Waals surface area (Å²) in [6, 6.07) is 6.76. The molecule has 0 saturated carbocycles. The van der Waals surface area contributed by atoms with Gasteiger partial charge in [0, 0.05) is 38.4 Å². The van der Waals surface area contributed by atoms with Crippen LogP contribution in [0.25, 0.3) is 11.0 Å². The van der Waals surface area contributed by atoms with E-state index in [1.54, 1.807) is 25.1 Å². The largest absolute Gasteiger partial charge is 0.505 e. The van der Waals surface area contributed by atoms with Gasteiger partial charge >= 0.3 is 6.09 Å². The molecular formula is C26H34FN5O7. The number of hydrogen-bond acceptors (Lipinski definition) is 8. The van der Waals surface area contributed by atoms with Gasteiger partial charge in [0.1, 0.15) is 16.9 Å². The number of carbonyl (C=O) groups excluding carboxylic acids is 1. The predicted octanol–water partition coefficient (Wildman–Crippen LogP) is 0.878. The topological polar surface area (TPSA) is 191 Å². The van der Waals surface area contributed by atoms with E-state index in [1.807, 2.05) is 0 Å². The third-order valence-corrected chi connectivity index (χ3v) is 5.61. The summed E-state index contributed by atoms with van der Waals surface area (Å²) in [5.74, 6) is -1.87. The van der Waals surface area contributed by atoms with Gasteiger partial charge in [-0.05, 0) is 49.6 Å². The lowest BCUT2D eigenvalue weighted by Crippen LogP contribution is -2.40. The molecule has 2 amide bonds. The number of likely N-dealkylation sites (N-methyl/N-ethyl adjacent to an activating group) is 1. The summed E-state index contributed by atoms with van der Waals surface area (Å²) >= 11 is 0. The van der Waals surface area contributed by atoms with Gasteiger partial charge < -0.3 is 40.9 Å². The minimum absolute atomic E-state index is 0.0118. The van der Waals surface area contributed by atoms with Crippen molar-refractivity contribution in [3.05, 3.63) is 69.4 Å². The number of halogens is 1. The Balaban J connectivity index is 0.000000976. The summed E-state index contributed by atoms with van der Waals surface area (Å²) in [5, 5.41) is 39.5. The Morgan fingerprint density at radius 2 is 1.77 bits per heavy atom. The first kappa shape index (κ1) is 31.1. The SMILES string of the molecule is CC(CO)NC(=O)c1c(O)c2ncc(Cc3ccc(F)cc3)cc2n(CCN(C)C(=O)O)c1=O.CC(N)CO. The lowest BCUT2D eigenvalue weighted by atomic mass is 10.1. The zero-order valence-corrected chi connectivity index (χ0v) is 22.0. The average molecular weight is 548 g/mol. The number of carbonyl (C=O) groups is 2. The number of fused-ring (bicyclic) bond motifs is 1. The molecule has 0 radical (unpaired) electrons. The fourth-order valence-corrected chi connectivity index (χ4v) is 3.40. The number of aliphatic hydroxyl groups excluding tert-OH is 2. The van der Waals surface area contributed by atoms with Crippen molar-refractivity contribution < 1.29 is 34.4 Å². The van der Waals surface area contributed by atoms with Crippen molar-refractivity contribution >= 4 is 23.0 Å². The smallest absolute Gasteiger partial charge is 0.407 e. The van der Waals surface area contributed by atoms with Crippen molar-refractivity contribution in [3.63, 3.8) is 0 Å². The molecule has 0 bridgehead atoms. The van der Waals surface area contributed by atoms with Gasteiger partial charge in [0.15, 0.2) is 5.75 Å². The second kappa shape index (κ2) is 14.2. The molecule has 12 nitrogen and oxygen atoms in total. The predicted molar refractivity (Wildman–Crippen MR) is 142 cm³/mol. The Labute approximate surface area is 224 Å². The lowest BCUT2D eigenvalue weighted by molar-refractivity contribution is 0.0917. The van der Waals surface area contributed by atoms with E-state index < -0.39 is 34.9 Å². The Kier molecular flexibility index (Phi) is 11.3. The lowest BCUT2D eigenvalue weighted by Gasteiger charge is -2.18. The van der Waals surface area contributed by atoms with Crippen molar-refractivity contribution in [2.45, 2.75) is 38.9 Å². The van der Waals surface area contributed by atoms with Gasteiger partial charge in [-0.15, -0.1) is 0 Å². The van der Waals surface area contributed by atoms with Crippen LogP contribution in [0, 0.1) is 5.82 Å². The van der Waals surface area contributed by atoms with Gasteiger partial charge in [-0.2, -0.15) is 0 Å². The van der Waals surface area contributed by atoms with Crippen LogP contribution in [0.5, 0.6) is 5.75 Å². The summed E-state index contributed by atoms with van der Waals surface area (Å²) in [7, 11) is 1.34. The summed E-state index contributed by atoms with van der Waals surface area (Å²) < 4.78 is 14.4. The molecule has 0 aliphatic carbocycles. The molecule has 13 heteroatoms. The van der Waals surface area contributed by atoms with Crippen molar-refractivity contribution in [1.82, 2.24) is 19.8 Å². The highest BCUT2D eigenvalue weighted by atomic mass is 19.1. The average Bonchev–Trinajstić information content (AvgIpc) is 2.89. The maximum atomic E-state index is 13.2. The monoisotopic (exact) mass is 547 g/mol. The molecular weight excluding hydrogens is 513 g/mol. The number of nitrogens with one attached hydrogen (secondary N) is 1. The number of nitrogens with two attached hydrogens (primary N) is 1. The first-order valence-corrected chi connectivity index (χ1v) is 12.1. The Bertz CT molecular complexity index is 1350.